The Bertz CT molecular complexity index is 988. The summed E-state index contributed by atoms with van der Waals surface area (Å²) in [5.74, 6) is -0.220. The van der Waals surface area contributed by atoms with Gasteiger partial charge in [-0.2, -0.15) is 0 Å². The van der Waals surface area contributed by atoms with Crippen molar-refractivity contribution in [3.05, 3.63) is 64.4 Å². The number of rotatable bonds is 6. The van der Waals surface area contributed by atoms with Crippen LogP contribution in [-0.4, -0.2) is 28.8 Å². The first-order valence-corrected chi connectivity index (χ1v) is 9.95. The highest BCUT2D eigenvalue weighted by Gasteiger charge is 2.13. The van der Waals surface area contributed by atoms with Crippen LogP contribution in [0.5, 0.6) is 0 Å². The van der Waals surface area contributed by atoms with Crippen LogP contribution in [0.25, 0.3) is 10.6 Å². The predicted molar refractivity (Wildman–Crippen MR) is 112 cm³/mol. The molecule has 0 fully saturated rings. The van der Waals surface area contributed by atoms with Crippen molar-refractivity contribution >= 4 is 40.4 Å². The number of benzene rings is 1. The molecule has 0 aliphatic rings. The minimum atomic E-state index is -0.271. The summed E-state index contributed by atoms with van der Waals surface area (Å²) >= 11 is 7.39. The van der Waals surface area contributed by atoms with E-state index in [9.17, 15) is 9.59 Å². The molecule has 1 N–H and O–H groups in total. The highest BCUT2D eigenvalue weighted by atomic mass is 35.5. The number of thiazole rings is 1. The first kappa shape index (κ1) is 20.0. The minimum Gasteiger partial charge on any atom is -0.346 e. The monoisotopic (exact) mass is 414 g/mol. The summed E-state index contributed by atoms with van der Waals surface area (Å²) in [6.45, 7) is 2.11. The summed E-state index contributed by atoms with van der Waals surface area (Å²) in [7, 11) is 1.75. The summed E-state index contributed by atoms with van der Waals surface area (Å²) in [4.78, 5) is 34.2. The van der Waals surface area contributed by atoms with Gasteiger partial charge in [0.2, 0.25) is 5.91 Å². The van der Waals surface area contributed by atoms with E-state index in [-0.39, 0.29) is 18.4 Å². The molecule has 3 aromatic rings. The molecule has 0 saturated carbocycles. The topological polar surface area (TPSA) is 75.2 Å². The van der Waals surface area contributed by atoms with E-state index in [0.29, 0.717) is 17.3 Å². The number of carbonyl (C=O) groups excluding carboxylic acids is 2. The van der Waals surface area contributed by atoms with Crippen molar-refractivity contribution in [1.29, 1.82) is 0 Å². The maximum absolute atomic E-state index is 12.4. The molecule has 144 valence electrons. The van der Waals surface area contributed by atoms with Gasteiger partial charge >= 0.3 is 0 Å². The average Bonchev–Trinajstić information content (AvgIpc) is 3.22. The molecule has 2 amide bonds. The molecule has 2 heterocycles. The fourth-order valence-corrected chi connectivity index (χ4v) is 3.53. The van der Waals surface area contributed by atoms with Gasteiger partial charge in [-0.3, -0.25) is 9.59 Å². The predicted octanol–water partition coefficient (Wildman–Crippen LogP) is 4.16. The molecule has 3 rings (SSSR count). The largest absolute Gasteiger partial charge is 0.346 e. The fraction of sp³-hybridized carbons (Fsp3) is 0.200. The Morgan fingerprint density at radius 1 is 1.21 bits per heavy atom. The summed E-state index contributed by atoms with van der Waals surface area (Å²) in [5.41, 5.74) is 2.80. The standard InChI is InChI=1S/C20H19ClN4O2S/c1-3-17(26)25(2)15-8-6-13(7-9-15)20-24-16(12-28-20)19(27)23-11-14-5-4-10-22-18(14)21/h4-10,12H,3,11H2,1-2H3,(H,23,27). The SMILES string of the molecule is CCC(=O)N(C)c1ccc(-c2nc(C(=O)NCc3cccnc3Cl)cs2)cc1. The van der Waals surface area contributed by atoms with E-state index in [4.69, 9.17) is 11.6 Å². The second kappa shape index (κ2) is 8.95. The molecule has 6 nitrogen and oxygen atoms in total. The smallest absolute Gasteiger partial charge is 0.271 e. The summed E-state index contributed by atoms with van der Waals surface area (Å²) in [6, 6.07) is 11.1. The number of anilines is 1. The molecular formula is C20H19ClN4O2S. The average molecular weight is 415 g/mol. The molecule has 8 heteroatoms. The van der Waals surface area contributed by atoms with E-state index in [0.717, 1.165) is 21.8 Å². The Hall–Kier alpha value is -2.77. The Balaban J connectivity index is 1.67. The number of hydrogen-bond donors (Lipinski definition) is 1. The van der Waals surface area contributed by atoms with Gasteiger partial charge < -0.3 is 10.2 Å². The Morgan fingerprint density at radius 2 is 1.96 bits per heavy atom. The summed E-state index contributed by atoms with van der Waals surface area (Å²) in [5, 5.41) is 5.62. The molecule has 0 bridgehead atoms. The van der Waals surface area contributed by atoms with E-state index in [2.05, 4.69) is 15.3 Å². The van der Waals surface area contributed by atoms with E-state index in [1.165, 1.54) is 11.3 Å². The maximum Gasteiger partial charge on any atom is 0.271 e. The van der Waals surface area contributed by atoms with Gasteiger partial charge in [0, 0.05) is 48.4 Å². The molecule has 0 aliphatic carbocycles. The third-order valence-electron chi connectivity index (χ3n) is 4.19. The number of hydrogen-bond acceptors (Lipinski definition) is 5. The van der Waals surface area contributed by atoms with Crippen LogP contribution in [-0.2, 0) is 11.3 Å². The van der Waals surface area contributed by atoms with Crippen molar-refractivity contribution in [2.75, 3.05) is 11.9 Å². The number of aromatic nitrogens is 2. The van der Waals surface area contributed by atoms with Gasteiger partial charge in [0.15, 0.2) is 0 Å². The van der Waals surface area contributed by atoms with Crippen molar-refractivity contribution in [2.24, 2.45) is 0 Å². The fourth-order valence-electron chi connectivity index (χ4n) is 2.54. The van der Waals surface area contributed by atoms with Crippen molar-refractivity contribution in [3.63, 3.8) is 0 Å². The van der Waals surface area contributed by atoms with Crippen LogP contribution in [0.4, 0.5) is 5.69 Å². The van der Waals surface area contributed by atoms with Crippen LogP contribution < -0.4 is 10.2 Å². The van der Waals surface area contributed by atoms with E-state index >= 15 is 0 Å². The number of amides is 2. The molecule has 0 spiro atoms. The Labute approximate surface area is 172 Å². The van der Waals surface area contributed by atoms with Gasteiger partial charge in [0.05, 0.1) is 0 Å². The summed E-state index contributed by atoms with van der Waals surface area (Å²) in [6.07, 6.45) is 2.05. The summed E-state index contributed by atoms with van der Waals surface area (Å²) < 4.78 is 0. The zero-order chi connectivity index (χ0) is 20.1. The number of pyridine rings is 1. The van der Waals surface area contributed by atoms with Gasteiger partial charge in [-0.05, 0) is 30.3 Å². The molecule has 1 aromatic carbocycles. The van der Waals surface area contributed by atoms with Crippen LogP contribution in [0.15, 0.2) is 48.0 Å². The van der Waals surface area contributed by atoms with Crippen LogP contribution in [0.2, 0.25) is 5.15 Å². The van der Waals surface area contributed by atoms with Crippen molar-refractivity contribution in [2.45, 2.75) is 19.9 Å². The van der Waals surface area contributed by atoms with E-state index in [1.807, 2.05) is 37.3 Å². The molecular weight excluding hydrogens is 396 g/mol. The molecule has 0 radical (unpaired) electrons. The third kappa shape index (κ3) is 4.55. The van der Waals surface area contributed by atoms with Gasteiger partial charge in [-0.1, -0.05) is 24.6 Å². The molecule has 0 unspecified atom stereocenters. The first-order valence-electron chi connectivity index (χ1n) is 8.69. The van der Waals surface area contributed by atoms with E-state index in [1.54, 1.807) is 29.6 Å². The highest BCUT2D eigenvalue weighted by Crippen LogP contribution is 2.26. The second-order valence-corrected chi connectivity index (χ2v) is 7.24. The van der Waals surface area contributed by atoms with Crippen molar-refractivity contribution in [1.82, 2.24) is 15.3 Å². The maximum atomic E-state index is 12.4. The number of halogens is 1. The lowest BCUT2D eigenvalue weighted by atomic mass is 10.2. The van der Waals surface area contributed by atoms with Crippen molar-refractivity contribution < 1.29 is 9.59 Å². The molecule has 2 aromatic heterocycles. The van der Waals surface area contributed by atoms with Gasteiger partial charge in [-0.25, -0.2) is 9.97 Å². The lowest BCUT2D eigenvalue weighted by Gasteiger charge is -2.16. The molecule has 0 saturated heterocycles. The van der Waals surface area contributed by atoms with Gasteiger partial charge in [0.25, 0.3) is 5.91 Å². The van der Waals surface area contributed by atoms with Crippen LogP contribution in [0, 0.1) is 0 Å². The lowest BCUT2D eigenvalue weighted by molar-refractivity contribution is -0.118. The van der Waals surface area contributed by atoms with Gasteiger partial charge in [0.1, 0.15) is 15.9 Å². The minimum absolute atomic E-state index is 0.0506. The number of nitrogens with one attached hydrogen (secondary N) is 1. The first-order chi connectivity index (χ1) is 13.5. The zero-order valence-electron chi connectivity index (χ0n) is 15.5. The normalized spacial score (nSPS) is 10.5. The lowest BCUT2D eigenvalue weighted by Crippen LogP contribution is -2.24. The number of nitrogens with zero attached hydrogens (tertiary/aromatic N) is 3. The van der Waals surface area contributed by atoms with Gasteiger partial charge in [-0.15, -0.1) is 11.3 Å². The number of carbonyl (C=O) groups is 2. The van der Waals surface area contributed by atoms with E-state index < -0.39 is 0 Å². The second-order valence-electron chi connectivity index (χ2n) is 6.03. The zero-order valence-corrected chi connectivity index (χ0v) is 17.0. The quantitative estimate of drug-likeness (QED) is 0.614. The molecule has 0 aliphatic heterocycles. The third-order valence-corrected chi connectivity index (χ3v) is 5.42. The Morgan fingerprint density at radius 3 is 2.64 bits per heavy atom. The highest BCUT2D eigenvalue weighted by molar-refractivity contribution is 7.13. The molecule has 0 atom stereocenters. The van der Waals surface area contributed by atoms with Crippen LogP contribution in [0.3, 0.4) is 0 Å². The molecule has 28 heavy (non-hydrogen) atoms. The van der Waals surface area contributed by atoms with Crippen LogP contribution in [0.1, 0.15) is 29.4 Å². The van der Waals surface area contributed by atoms with Crippen molar-refractivity contribution in [3.8, 4) is 10.6 Å². The Kier molecular flexibility index (Phi) is 6.38. The van der Waals surface area contributed by atoms with Crippen LogP contribution >= 0.6 is 22.9 Å².